The SMILES string of the molecule is CCCNCc1cccc(Cl)c1OCCC(C)C. The van der Waals surface area contributed by atoms with Gasteiger partial charge in [0.2, 0.25) is 0 Å². The number of hydrogen-bond acceptors (Lipinski definition) is 2. The van der Waals surface area contributed by atoms with Crippen LogP contribution in [0.5, 0.6) is 5.75 Å². The molecule has 0 radical (unpaired) electrons. The molecule has 1 rings (SSSR count). The average Bonchev–Trinajstić information content (AvgIpc) is 2.32. The maximum atomic E-state index is 6.20. The fourth-order valence-electron chi connectivity index (χ4n) is 1.65. The van der Waals surface area contributed by atoms with E-state index in [0.29, 0.717) is 10.9 Å². The van der Waals surface area contributed by atoms with Crippen LogP contribution >= 0.6 is 11.6 Å². The molecule has 18 heavy (non-hydrogen) atoms. The summed E-state index contributed by atoms with van der Waals surface area (Å²) in [4.78, 5) is 0. The van der Waals surface area contributed by atoms with Crippen molar-refractivity contribution in [2.75, 3.05) is 13.2 Å². The highest BCUT2D eigenvalue weighted by atomic mass is 35.5. The monoisotopic (exact) mass is 269 g/mol. The zero-order valence-electron chi connectivity index (χ0n) is 11.6. The third-order valence-electron chi connectivity index (χ3n) is 2.73. The third-order valence-corrected chi connectivity index (χ3v) is 3.03. The van der Waals surface area contributed by atoms with Crippen molar-refractivity contribution in [3.63, 3.8) is 0 Å². The van der Waals surface area contributed by atoms with E-state index in [0.717, 1.165) is 43.9 Å². The first-order valence-corrected chi connectivity index (χ1v) is 7.13. The normalized spacial score (nSPS) is 10.9. The molecule has 0 heterocycles. The Labute approximate surface area is 116 Å². The van der Waals surface area contributed by atoms with Crippen LogP contribution in [-0.4, -0.2) is 13.2 Å². The number of benzene rings is 1. The molecule has 1 N–H and O–H groups in total. The van der Waals surface area contributed by atoms with E-state index >= 15 is 0 Å². The van der Waals surface area contributed by atoms with Crippen molar-refractivity contribution >= 4 is 11.6 Å². The van der Waals surface area contributed by atoms with Crippen LogP contribution in [-0.2, 0) is 6.54 Å². The molecule has 0 amide bonds. The second kappa shape index (κ2) is 8.39. The Kier molecular flexibility index (Phi) is 7.14. The summed E-state index contributed by atoms with van der Waals surface area (Å²) in [7, 11) is 0. The molecule has 0 aromatic heterocycles. The summed E-state index contributed by atoms with van der Waals surface area (Å²) >= 11 is 6.20. The maximum absolute atomic E-state index is 6.20. The number of halogens is 1. The van der Waals surface area contributed by atoms with Crippen molar-refractivity contribution in [1.82, 2.24) is 5.32 Å². The van der Waals surface area contributed by atoms with Gasteiger partial charge in [-0.25, -0.2) is 0 Å². The van der Waals surface area contributed by atoms with E-state index in [1.165, 1.54) is 0 Å². The van der Waals surface area contributed by atoms with Crippen LogP contribution in [0.25, 0.3) is 0 Å². The molecule has 0 saturated carbocycles. The Morgan fingerprint density at radius 1 is 1.33 bits per heavy atom. The summed E-state index contributed by atoms with van der Waals surface area (Å²) < 4.78 is 5.84. The zero-order chi connectivity index (χ0) is 13.4. The second-order valence-corrected chi connectivity index (χ2v) is 5.34. The summed E-state index contributed by atoms with van der Waals surface area (Å²) in [5, 5.41) is 4.08. The minimum atomic E-state index is 0.647. The van der Waals surface area contributed by atoms with E-state index in [-0.39, 0.29) is 0 Å². The molecule has 0 saturated heterocycles. The molecule has 0 aliphatic carbocycles. The highest BCUT2D eigenvalue weighted by Crippen LogP contribution is 2.29. The van der Waals surface area contributed by atoms with Crippen molar-refractivity contribution in [2.24, 2.45) is 5.92 Å². The molecule has 1 aromatic carbocycles. The van der Waals surface area contributed by atoms with Crippen LogP contribution in [0, 0.1) is 5.92 Å². The van der Waals surface area contributed by atoms with E-state index in [9.17, 15) is 0 Å². The summed E-state index contributed by atoms with van der Waals surface area (Å²) in [6.45, 7) is 9.09. The van der Waals surface area contributed by atoms with Crippen LogP contribution in [0.3, 0.4) is 0 Å². The Hall–Kier alpha value is -0.730. The van der Waals surface area contributed by atoms with Crippen molar-refractivity contribution in [3.05, 3.63) is 28.8 Å². The number of hydrogen-bond donors (Lipinski definition) is 1. The first kappa shape index (κ1) is 15.3. The predicted molar refractivity (Wildman–Crippen MR) is 78.4 cm³/mol. The van der Waals surface area contributed by atoms with Crippen molar-refractivity contribution in [3.8, 4) is 5.75 Å². The topological polar surface area (TPSA) is 21.3 Å². The van der Waals surface area contributed by atoms with Gasteiger partial charge in [-0.05, 0) is 31.4 Å². The minimum Gasteiger partial charge on any atom is -0.492 e. The summed E-state index contributed by atoms with van der Waals surface area (Å²) in [5.74, 6) is 1.48. The lowest BCUT2D eigenvalue weighted by molar-refractivity contribution is 0.286. The fraction of sp³-hybridized carbons (Fsp3) is 0.600. The summed E-state index contributed by atoms with van der Waals surface area (Å²) in [5.41, 5.74) is 1.14. The molecule has 0 bridgehead atoms. The molecule has 2 nitrogen and oxygen atoms in total. The van der Waals surface area contributed by atoms with E-state index < -0.39 is 0 Å². The minimum absolute atomic E-state index is 0.647. The molecule has 102 valence electrons. The quantitative estimate of drug-likeness (QED) is 0.712. The van der Waals surface area contributed by atoms with Gasteiger partial charge >= 0.3 is 0 Å². The summed E-state index contributed by atoms with van der Waals surface area (Å²) in [6, 6.07) is 5.93. The third kappa shape index (κ3) is 5.28. The van der Waals surface area contributed by atoms with E-state index in [1.807, 2.05) is 12.1 Å². The number of rotatable bonds is 8. The van der Waals surface area contributed by atoms with Crippen LogP contribution in [0.4, 0.5) is 0 Å². The first-order valence-electron chi connectivity index (χ1n) is 6.76. The van der Waals surface area contributed by atoms with Crippen molar-refractivity contribution in [1.29, 1.82) is 0 Å². The lowest BCUT2D eigenvalue weighted by Gasteiger charge is -2.14. The molecular weight excluding hydrogens is 246 g/mol. The number of para-hydroxylation sites is 1. The van der Waals surface area contributed by atoms with Crippen molar-refractivity contribution in [2.45, 2.75) is 40.2 Å². The molecule has 0 atom stereocenters. The molecule has 0 unspecified atom stereocenters. The van der Waals surface area contributed by atoms with Crippen LogP contribution in [0.15, 0.2) is 18.2 Å². The molecule has 1 aromatic rings. The predicted octanol–water partition coefficient (Wildman–Crippen LogP) is 4.26. The highest BCUT2D eigenvalue weighted by Gasteiger charge is 2.08. The number of ether oxygens (including phenoxy) is 1. The Bertz CT molecular complexity index is 352. The van der Waals surface area contributed by atoms with E-state index in [4.69, 9.17) is 16.3 Å². The van der Waals surface area contributed by atoms with Gasteiger partial charge < -0.3 is 10.1 Å². The van der Waals surface area contributed by atoms with Gasteiger partial charge in [0.15, 0.2) is 0 Å². The van der Waals surface area contributed by atoms with E-state index in [2.05, 4.69) is 32.2 Å². The summed E-state index contributed by atoms with van der Waals surface area (Å²) in [6.07, 6.45) is 2.18. The van der Waals surface area contributed by atoms with Gasteiger partial charge in [-0.1, -0.05) is 44.5 Å². The molecule has 0 spiro atoms. The van der Waals surface area contributed by atoms with Gasteiger partial charge in [0.25, 0.3) is 0 Å². The Morgan fingerprint density at radius 3 is 2.78 bits per heavy atom. The van der Waals surface area contributed by atoms with E-state index in [1.54, 1.807) is 0 Å². The van der Waals surface area contributed by atoms with Crippen LogP contribution in [0.1, 0.15) is 39.2 Å². The molecular formula is C15H24ClNO. The Balaban J connectivity index is 2.61. The van der Waals surface area contributed by atoms with Gasteiger partial charge in [0, 0.05) is 12.1 Å². The van der Waals surface area contributed by atoms with Gasteiger partial charge in [0.05, 0.1) is 11.6 Å². The fourth-order valence-corrected chi connectivity index (χ4v) is 1.90. The first-order chi connectivity index (χ1) is 8.65. The number of nitrogens with one attached hydrogen (secondary N) is 1. The second-order valence-electron chi connectivity index (χ2n) is 4.94. The Morgan fingerprint density at radius 2 is 2.11 bits per heavy atom. The molecule has 3 heteroatoms. The van der Waals surface area contributed by atoms with Gasteiger partial charge in [-0.15, -0.1) is 0 Å². The van der Waals surface area contributed by atoms with Gasteiger partial charge in [0.1, 0.15) is 5.75 Å². The maximum Gasteiger partial charge on any atom is 0.142 e. The zero-order valence-corrected chi connectivity index (χ0v) is 12.4. The lowest BCUT2D eigenvalue weighted by atomic mass is 10.1. The van der Waals surface area contributed by atoms with Crippen molar-refractivity contribution < 1.29 is 4.74 Å². The molecule has 0 fully saturated rings. The highest BCUT2D eigenvalue weighted by molar-refractivity contribution is 6.32. The molecule has 0 aliphatic rings. The van der Waals surface area contributed by atoms with Crippen LogP contribution < -0.4 is 10.1 Å². The smallest absolute Gasteiger partial charge is 0.142 e. The lowest BCUT2D eigenvalue weighted by Crippen LogP contribution is -2.15. The largest absolute Gasteiger partial charge is 0.492 e. The standard InChI is InChI=1S/C15H24ClNO/c1-4-9-17-11-13-6-5-7-14(16)15(13)18-10-8-12(2)3/h5-7,12,17H,4,8-11H2,1-3H3. The van der Waals surface area contributed by atoms with Gasteiger partial charge in [-0.2, -0.15) is 0 Å². The van der Waals surface area contributed by atoms with Gasteiger partial charge in [-0.3, -0.25) is 0 Å². The average molecular weight is 270 g/mol. The molecule has 0 aliphatic heterocycles. The van der Waals surface area contributed by atoms with Crippen LogP contribution in [0.2, 0.25) is 5.02 Å².